The first kappa shape index (κ1) is 34.5. The summed E-state index contributed by atoms with van der Waals surface area (Å²) in [5, 5.41) is 3.79. The lowest BCUT2D eigenvalue weighted by atomic mass is 9.78. The molecule has 1 unspecified atom stereocenters. The van der Waals surface area contributed by atoms with E-state index in [0.717, 1.165) is 31.5 Å². The third-order valence-electron chi connectivity index (χ3n) is 9.01. The van der Waals surface area contributed by atoms with Crippen molar-refractivity contribution in [3.63, 3.8) is 0 Å². The van der Waals surface area contributed by atoms with Gasteiger partial charge < -0.3 is 24.6 Å². The predicted molar refractivity (Wildman–Crippen MR) is 179 cm³/mol. The molecule has 2 fully saturated rings. The van der Waals surface area contributed by atoms with E-state index in [-0.39, 0.29) is 39.4 Å². The molecule has 0 spiro atoms. The first-order chi connectivity index (χ1) is 22.7. The van der Waals surface area contributed by atoms with Gasteiger partial charge in [-0.05, 0) is 43.4 Å². The van der Waals surface area contributed by atoms with Gasteiger partial charge in [0.2, 0.25) is 11.8 Å². The molecule has 2 aromatic rings. The number of benzene rings is 2. The number of halogens is 2. The number of rotatable bonds is 10. The van der Waals surface area contributed by atoms with E-state index in [2.05, 4.69) is 10.2 Å². The van der Waals surface area contributed by atoms with Crippen LogP contribution in [0.2, 0.25) is 10.0 Å². The number of amides is 2. The van der Waals surface area contributed by atoms with Crippen LogP contribution in [-0.4, -0.2) is 98.5 Å². The number of allylic oxidation sites excluding steroid dienone is 1. The number of carbonyl (C=O) groups is 4. The van der Waals surface area contributed by atoms with Crippen molar-refractivity contribution in [2.24, 2.45) is 0 Å². The van der Waals surface area contributed by atoms with E-state index in [9.17, 15) is 19.2 Å². The van der Waals surface area contributed by atoms with Crippen LogP contribution in [0.1, 0.15) is 42.7 Å². The van der Waals surface area contributed by atoms with Crippen molar-refractivity contribution in [3.05, 3.63) is 92.2 Å². The number of ether oxygens (including phenoxy) is 2. The molecule has 12 heteroatoms. The fourth-order valence-electron chi connectivity index (χ4n) is 6.51. The van der Waals surface area contributed by atoms with Gasteiger partial charge in [-0.3, -0.25) is 14.5 Å². The van der Waals surface area contributed by atoms with E-state index >= 15 is 0 Å². The van der Waals surface area contributed by atoms with E-state index in [1.807, 2.05) is 35.2 Å². The molecule has 2 aromatic carbocycles. The van der Waals surface area contributed by atoms with Crippen LogP contribution in [0.15, 0.2) is 71.1 Å². The smallest absolute Gasteiger partial charge is 0.336 e. The summed E-state index contributed by atoms with van der Waals surface area (Å²) in [5.74, 6) is -2.52. The molecule has 0 aromatic heterocycles. The van der Waals surface area contributed by atoms with Gasteiger partial charge in [0.05, 0.1) is 44.2 Å². The van der Waals surface area contributed by atoms with Gasteiger partial charge in [-0.15, -0.1) is 0 Å². The fourth-order valence-corrected chi connectivity index (χ4v) is 7.13. The van der Waals surface area contributed by atoms with Crippen LogP contribution in [0.4, 0.5) is 0 Å². The van der Waals surface area contributed by atoms with Crippen LogP contribution in [0.5, 0.6) is 0 Å². The number of carbonyl (C=O) groups excluding carboxylic acids is 4. The molecule has 3 aliphatic heterocycles. The lowest BCUT2D eigenvalue weighted by molar-refractivity contribution is -0.137. The average Bonchev–Trinajstić information content (AvgIpc) is 3.63. The highest BCUT2D eigenvalue weighted by molar-refractivity contribution is 6.36. The van der Waals surface area contributed by atoms with Crippen LogP contribution in [-0.2, 0) is 35.1 Å². The summed E-state index contributed by atoms with van der Waals surface area (Å²) in [6.07, 6.45) is 2.87. The minimum absolute atomic E-state index is 0.0644. The summed E-state index contributed by atoms with van der Waals surface area (Å²) < 4.78 is 10.5. The molecule has 5 rings (SSSR count). The molecule has 0 aliphatic carbocycles. The molecule has 3 heterocycles. The standard InChI is InChI=1S/C35H40Cl2N4O6/c1-46-34(44)31-26(14-13-23-9-4-3-5-10-23)38-27(32(35(45)47-2)33(31)30-24(36)11-8-12-25(30)37)21-28(42)41-19-17-39(18-20-41)22-29(43)40-15-6-7-16-40/h3-5,8-12,33,38H,6-7,13-22H2,1-2H3. The number of hydrogen-bond acceptors (Lipinski definition) is 8. The topological polar surface area (TPSA) is 108 Å². The molecular weight excluding hydrogens is 643 g/mol. The summed E-state index contributed by atoms with van der Waals surface area (Å²) in [6.45, 7) is 3.97. The highest BCUT2D eigenvalue weighted by atomic mass is 35.5. The SMILES string of the molecule is COC(=O)C1=C(CCc2ccccc2)NC(CC(=O)N2CCN(CC(=O)N3CCCC3)CC2)=C(C(=O)OC)C1c1c(Cl)cccc1Cl. The lowest BCUT2D eigenvalue weighted by Crippen LogP contribution is -2.51. The Morgan fingerprint density at radius 1 is 0.723 bits per heavy atom. The van der Waals surface area contributed by atoms with Crippen molar-refractivity contribution >= 4 is 47.0 Å². The number of likely N-dealkylation sites (tertiary alicyclic amines) is 1. The number of dihydropyridines is 1. The van der Waals surface area contributed by atoms with E-state index < -0.39 is 17.9 Å². The van der Waals surface area contributed by atoms with Crippen LogP contribution >= 0.6 is 23.2 Å². The Labute approximate surface area is 285 Å². The van der Waals surface area contributed by atoms with E-state index in [1.165, 1.54) is 14.2 Å². The molecule has 0 radical (unpaired) electrons. The number of nitrogens with one attached hydrogen (secondary N) is 1. The molecule has 0 bridgehead atoms. The zero-order chi connectivity index (χ0) is 33.5. The molecule has 2 amide bonds. The molecule has 1 atom stereocenters. The minimum Gasteiger partial charge on any atom is -0.466 e. The largest absolute Gasteiger partial charge is 0.466 e. The van der Waals surface area contributed by atoms with Gasteiger partial charge in [0.1, 0.15) is 0 Å². The molecular formula is C35H40Cl2N4O6. The Balaban J connectivity index is 1.46. The monoisotopic (exact) mass is 682 g/mol. The average molecular weight is 684 g/mol. The second-order valence-corrected chi connectivity index (χ2v) is 12.7. The summed E-state index contributed by atoms with van der Waals surface area (Å²) in [4.78, 5) is 59.4. The summed E-state index contributed by atoms with van der Waals surface area (Å²) in [7, 11) is 2.52. The Morgan fingerprint density at radius 3 is 1.89 bits per heavy atom. The predicted octanol–water partition coefficient (Wildman–Crippen LogP) is 4.32. The maximum absolute atomic E-state index is 13.8. The van der Waals surface area contributed by atoms with Crippen molar-refractivity contribution in [1.82, 2.24) is 20.0 Å². The van der Waals surface area contributed by atoms with Gasteiger partial charge in [-0.2, -0.15) is 0 Å². The van der Waals surface area contributed by atoms with Crippen LogP contribution in [0, 0.1) is 0 Å². The van der Waals surface area contributed by atoms with Crippen molar-refractivity contribution in [1.29, 1.82) is 0 Å². The summed E-state index contributed by atoms with van der Waals surface area (Å²) in [6, 6.07) is 14.7. The third-order valence-corrected chi connectivity index (χ3v) is 9.66. The number of aryl methyl sites for hydroxylation is 1. The normalized spacial score (nSPS) is 18.7. The van der Waals surface area contributed by atoms with Gasteiger partial charge in [-0.1, -0.05) is 59.6 Å². The van der Waals surface area contributed by atoms with Crippen LogP contribution in [0.25, 0.3) is 0 Å². The quantitative estimate of drug-likeness (QED) is 0.369. The maximum atomic E-state index is 13.8. The summed E-state index contributed by atoms with van der Waals surface area (Å²) in [5.41, 5.74) is 2.44. The summed E-state index contributed by atoms with van der Waals surface area (Å²) >= 11 is 13.4. The number of methoxy groups -OCH3 is 2. The first-order valence-corrected chi connectivity index (χ1v) is 16.6. The van der Waals surface area contributed by atoms with Crippen molar-refractivity contribution in [2.45, 2.75) is 38.0 Å². The van der Waals surface area contributed by atoms with Crippen molar-refractivity contribution in [2.75, 3.05) is 60.0 Å². The number of piperazine rings is 1. The zero-order valence-electron chi connectivity index (χ0n) is 26.7. The molecule has 10 nitrogen and oxygen atoms in total. The number of hydrogen-bond donors (Lipinski definition) is 1. The molecule has 250 valence electrons. The number of nitrogens with zero attached hydrogens (tertiary/aromatic N) is 3. The van der Waals surface area contributed by atoms with E-state index in [0.29, 0.717) is 62.5 Å². The van der Waals surface area contributed by atoms with Gasteiger partial charge in [0, 0.05) is 66.3 Å². The Bertz CT molecular complexity index is 1540. The van der Waals surface area contributed by atoms with E-state index in [4.69, 9.17) is 32.7 Å². The Kier molecular flexibility index (Phi) is 11.6. The molecule has 2 saturated heterocycles. The second-order valence-electron chi connectivity index (χ2n) is 11.9. The lowest BCUT2D eigenvalue weighted by Gasteiger charge is -2.36. The molecule has 1 N–H and O–H groups in total. The fraction of sp³-hybridized carbons (Fsp3) is 0.429. The van der Waals surface area contributed by atoms with Crippen molar-refractivity contribution < 1.29 is 28.7 Å². The maximum Gasteiger partial charge on any atom is 0.336 e. The van der Waals surface area contributed by atoms with Crippen LogP contribution < -0.4 is 5.32 Å². The second kappa shape index (κ2) is 15.8. The molecule has 0 saturated carbocycles. The van der Waals surface area contributed by atoms with Gasteiger partial charge in [0.15, 0.2) is 0 Å². The third kappa shape index (κ3) is 8.00. The highest BCUT2D eigenvalue weighted by Gasteiger charge is 2.42. The highest BCUT2D eigenvalue weighted by Crippen LogP contribution is 2.46. The van der Waals surface area contributed by atoms with Crippen LogP contribution in [0.3, 0.4) is 0 Å². The van der Waals surface area contributed by atoms with Crippen molar-refractivity contribution in [3.8, 4) is 0 Å². The van der Waals surface area contributed by atoms with E-state index in [1.54, 1.807) is 23.1 Å². The van der Waals surface area contributed by atoms with Gasteiger partial charge >= 0.3 is 11.9 Å². The minimum atomic E-state index is -1.06. The first-order valence-electron chi connectivity index (χ1n) is 15.9. The molecule has 3 aliphatic rings. The van der Waals surface area contributed by atoms with Gasteiger partial charge in [0.25, 0.3) is 0 Å². The number of esters is 2. The molecule has 47 heavy (non-hydrogen) atoms. The Morgan fingerprint density at radius 2 is 1.30 bits per heavy atom. The zero-order valence-corrected chi connectivity index (χ0v) is 28.2. The Hall–Kier alpha value is -3.86. The van der Waals surface area contributed by atoms with Gasteiger partial charge in [-0.25, -0.2) is 9.59 Å².